The molecule has 2 amide bonds. The number of nitrogens with zero attached hydrogens (tertiary/aromatic N) is 5. The summed E-state index contributed by atoms with van der Waals surface area (Å²) in [5, 5.41) is 8.55. The van der Waals surface area contributed by atoms with Crippen molar-refractivity contribution >= 4 is 34.5 Å². The third-order valence-corrected chi connectivity index (χ3v) is 4.75. The monoisotopic (exact) mass is 383 g/mol. The molecule has 0 N–H and O–H groups in total. The molecular weight excluding hydrogens is 366 g/mol. The van der Waals surface area contributed by atoms with Crippen molar-refractivity contribution in [1.82, 2.24) is 24.1 Å². The molecule has 0 spiro atoms. The van der Waals surface area contributed by atoms with Crippen LogP contribution in [0.25, 0.3) is 16.7 Å². The lowest BCUT2D eigenvalue weighted by Crippen LogP contribution is -2.35. The SMILES string of the molecule is Cc1ccc2c(c1)c(=O)n(C)c1nnc(COC(=O)CN3C(=O)CCC3=O)n21. The first kappa shape index (κ1) is 17.8. The number of aromatic nitrogens is 4. The second-order valence-corrected chi connectivity index (χ2v) is 6.67. The van der Waals surface area contributed by atoms with Crippen LogP contribution in [0.3, 0.4) is 0 Å². The number of carbonyl (C=O) groups excluding carboxylic acids is 3. The molecule has 1 aliphatic heterocycles. The van der Waals surface area contributed by atoms with Crippen LogP contribution in [0, 0.1) is 6.92 Å². The van der Waals surface area contributed by atoms with Gasteiger partial charge in [0.05, 0.1) is 10.9 Å². The molecule has 1 saturated heterocycles. The van der Waals surface area contributed by atoms with Crippen LogP contribution in [0.2, 0.25) is 0 Å². The van der Waals surface area contributed by atoms with E-state index >= 15 is 0 Å². The molecule has 0 atom stereocenters. The molecular formula is C18H17N5O5. The number of hydrogen-bond acceptors (Lipinski definition) is 7. The summed E-state index contributed by atoms with van der Waals surface area (Å²) in [5.74, 6) is -0.841. The molecule has 10 nitrogen and oxygen atoms in total. The molecule has 28 heavy (non-hydrogen) atoms. The molecule has 10 heteroatoms. The zero-order valence-electron chi connectivity index (χ0n) is 15.3. The first-order chi connectivity index (χ1) is 13.4. The first-order valence-electron chi connectivity index (χ1n) is 8.69. The zero-order valence-corrected chi connectivity index (χ0v) is 15.3. The van der Waals surface area contributed by atoms with Gasteiger partial charge in [0.15, 0.2) is 12.4 Å². The van der Waals surface area contributed by atoms with Crippen molar-refractivity contribution in [3.63, 3.8) is 0 Å². The Morgan fingerprint density at radius 3 is 2.57 bits per heavy atom. The van der Waals surface area contributed by atoms with Crippen molar-refractivity contribution < 1.29 is 19.1 Å². The summed E-state index contributed by atoms with van der Waals surface area (Å²) in [6.45, 7) is 1.25. The Kier molecular flexibility index (Phi) is 4.17. The Hall–Kier alpha value is -3.56. The van der Waals surface area contributed by atoms with E-state index in [0.29, 0.717) is 22.5 Å². The Bertz CT molecular complexity index is 1190. The van der Waals surface area contributed by atoms with Crippen LogP contribution in [0.15, 0.2) is 23.0 Å². The van der Waals surface area contributed by atoms with Crippen molar-refractivity contribution in [2.75, 3.05) is 6.54 Å². The number of carbonyl (C=O) groups is 3. The highest BCUT2D eigenvalue weighted by atomic mass is 16.5. The third-order valence-electron chi connectivity index (χ3n) is 4.75. The predicted molar refractivity (Wildman–Crippen MR) is 96.2 cm³/mol. The van der Waals surface area contributed by atoms with Gasteiger partial charge in [-0.15, -0.1) is 10.2 Å². The van der Waals surface area contributed by atoms with E-state index in [1.165, 1.54) is 4.57 Å². The summed E-state index contributed by atoms with van der Waals surface area (Å²) in [7, 11) is 1.59. The molecule has 1 aromatic carbocycles. The minimum Gasteiger partial charge on any atom is -0.456 e. The number of fused-ring (bicyclic) bond motifs is 3. The minimum absolute atomic E-state index is 0.111. The van der Waals surface area contributed by atoms with Crippen LogP contribution < -0.4 is 5.56 Å². The summed E-state index contributed by atoms with van der Waals surface area (Å²) < 4.78 is 8.23. The number of imide groups is 1. The largest absolute Gasteiger partial charge is 0.456 e. The van der Waals surface area contributed by atoms with Gasteiger partial charge >= 0.3 is 5.97 Å². The van der Waals surface area contributed by atoms with Gasteiger partial charge in [-0.25, -0.2) is 0 Å². The lowest BCUT2D eigenvalue weighted by Gasteiger charge is -2.13. The number of likely N-dealkylation sites (tertiary alicyclic amines) is 1. The van der Waals surface area contributed by atoms with Crippen LogP contribution in [-0.4, -0.2) is 48.4 Å². The van der Waals surface area contributed by atoms with Gasteiger partial charge in [-0.3, -0.25) is 33.0 Å². The van der Waals surface area contributed by atoms with E-state index in [9.17, 15) is 19.2 Å². The fraction of sp³-hybridized carbons (Fsp3) is 0.333. The normalized spacial score (nSPS) is 14.4. The van der Waals surface area contributed by atoms with E-state index in [0.717, 1.165) is 10.5 Å². The number of amides is 2. The van der Waals surface area contributed by atoms with E-state index in [1.807, 2.05) is 13.0 Å². The van der Waals surface area contributed by atoms with Gasteiger partial charge in [0.2, 0.25) is 17.6 Å². The zero-order chi connectivity index (χ0) is 20.0. The third kappa shape index (κ3) is 2.82. The smallest absolute Gasteiger partial charge is 0.326 e. The van der Waals surface area contributed by atoms with Crippen LogP contribution in [0.4, 0.5) is 0 Å². The summed E-state index contributed by atoms with van der Waals surface area (Å²) >= 11 is 0. The molecule has 144 valence electrons. The molecule has 0 aliphatic carbocycles. The summed E-state index contributed by atoms with van der Waals surface area (Å²) in [6.07, 6.45) is 0.223. The van der Waals surface area contributed by atoms with Crippen molar-refractivity contribution in [2.45, 2.75) is 26.4 Å². The Morgan fingerprint density at radius 1 is 1.14 bits per heavy atom. The molecule has 3 heterocycles. The van der Waals surface area contributed by atoms with E-state index in [1.54, 1.807) is 23.6 Å². The summed E-state index contributed by atoms with van der Waals surface area (Å²) in [6, 6.07) is 5.43. The predicted octanol–water partition coefficient (Wildman–Crippen LogP) is 0.0818. The van der Waals surface area contributed by atoms with Crippen molar-refractivity contribution in [1.29, 1.82) is 0 Å². The fourth-order valence-electron chi connectivity index (χ4n) is 3.27. The molecule has 3 aromatic rings. The van der Waals surface area contributed by atoms with Gasteiger partial charge in [0.25, 0.3) is 5.56 Å². The van der Waals surface area contributed by atoms with E-state index in [4.69, 9.17) is 4.74 Å². The lowest BCUT2D eigenvalue weighted by molar-refractivity contribution is -0.153. The van der Waals surface area contributed by atoms with Gasteiger partial charge in [-0.1, -0.05) is 11.6 Å². The average Bonchev–Trinajstić information content (AvgIpc) is 3.23. The highest BCUT2D eigenvalue weighted by molar-refractivity contribution is 6.04. The van der Waals surface area contributed by atoms with Crippen molar-refractivity contribution in [3.8, 4) is 0 Å². The minimum atomic E-state index is -0.717. The van der Waals surface area contributed by atoms with E-state index in [-0.39, 0.29) is 36.8 Å². The highest BCUT2D eigenvalue weighted by Gasteiger charge is 2.31. The Labute approximate surface area is 158 Å². The second kappa shape index (κ2) is 6.55. The number of esters is 1. The molecule has 4 rings (SSSR count). The van der Waals surface area contributed by atoms with Crippen LogP contribution in [-0.2, 0) is 32.8 Å². The van der Waals surface area contributed by atoms with Gasteiger partial charge < -0.3 is 4.74 Å². The molecule has 2 aromatic heterocycles. The van der Waals surface area contributed by atoms with E-state index < -0.39 is 12.5 Å². The topological polar surface area (TPSA) is 116 Å². The van der Waals surface area contributed by atoms with Gasteiger partial charge in [0, 0.05) is 19.9 Å². The van der Waals surface area contributed by atoms with Gasteiger partial charge in [-0.05, 0) is 19.1 Å². The maximum atomic E-state index is 12.6. The Balaban J connectivity index is 1.64. The molecule has 0 bridgehead atoms. The maximum Gasteiger partial charge on any atom is 0.326 e. The molecule has 1 fully saturated rings. The number of aryl methyl sites for hydroxylation is 2. The molecule has 1 aliphatic rings. The molecule has 0 unspecified atom stereocenters. The average molecular weight is 383 g/mol. The van der Waals surface area contributed by atoms with Gasteiger partial charge in [0.1, 0.15) is 6.54 Å². The second-order valence-electron chi connectivity index (χ2n) is 6.67. The van der Waals surface area contributed by atoms with Crippen LogP contribution in [0.5, 0.6) is 0 Å². The first-order valence-corrected chi connectivity index (χ1v) is 8.69. The van der Waals surface area contributed by atoms with E-state index in [2.05, 4.69) is 10.2 Å². The summed E-state index contributed by atoms with van der Waals surface area (Å²) in [4.78, 5) is 48.7. The number of ether oxygens (including phenoxy) is 1. The number of rotatable bonds is 4. The molecule has 0 saturated carbocycles. The lowest BCUT2D eigenvalue weighted by atomic mass is 10.1. The maximum absolute atomic E-state index is 12.6. The van der Waals surface area contributed by atoms with Gasteiger partial charge in [-0.2, -0.15) is 0 Å². The summed E-state index contributed by atoms with van der Waals surface area (Å²) in [5.41, 5.74) is 1.34. The van der Waals surface area contributed by atoms with Crippen LogP contribution in [0.1, 0.15) is 24.2 Å². The fourth-order valence-corrected chi connectivity index (χ4v) is 3.27. The molecule has 0 radical (unpaired) electrons. The number of hydrogen-bond donors (Lipinski definition) is 0. The standard InChI is InChI=1S/C18H17N5O5/c1-10-3-4-12-11(7-10)17(27)21(2)18-20-19-13(23(12)18)9-28-16(26)8-22-14(24)5-6-15(22)25/h3-4,7H,5-6,8-9H2,1-2H3. The quantitative estimate of drug-likeness (QED) is 0.463. The number of benzene rings is 1. The van der Waals surface area contributed by atoms with Crippen LogP contribution >= 0.6 is 0 Å². The highest BCUT2D eigenvalue weighted by Crippen LogP contribution is 2.16. The Morgan fingerprint density at radius 2 is 1.86 bits per heavy atom. The van der Waals surface area contributed by atoms with Crippen molar-refractivity contribution in [2.24, 2.45) is 7.05 Å². The van der Waals surface area contributed by atoms with Crippen molar-refractivity contribution in [3.05, 3.63) is 39.9 Å².